The summed E-state index contributed by atoms with van der Waals surface area (Å²) in [4.78, 5) is 7.38. The number of nitrogens with one attached hydrogen (secondary N) is 1. The molecule has 0 spiro atoms. The number of hydrogen-bond donors (Lipinski definition) is 1. The lowest BCUT2D eigenvalue weighted by Crippen LogP contribution is -2.19. The molecule has 15 heavy (non-hydrogen) atoms. The standard InChI is InChI=1S/C13H24N2/c1-4-6-8-13(3,7-5-2)9-12-10-14-11-15-12/h10-11H,4-9H2,1-3H3,(H,14,15). The predicted molar refractivity (Wildman–Crippen MR) is 64.8 cm³/mol. The lowest BCUT2D eigenvalue weighted by Gasteiger charge is -2.28. The van der Waals surface area contributed by atoms with Crippen molar-refractivity contribution < 1.29 is 0 Å². The number of unbranched alkanes of at least 4 members (excludes halogenated alkanes) is 1. The highest BCUT2D eigenvalue weighted by Gasteiger charge is 2.23. The summed E-state index contributed by atoms with van der Waals surface area (Å²) in [5, 5.41) is 0. The van der Waals surface area contributed by atoms with E-state index in [1.165, 1.54) is 37.8 Å². The molecule has 0 bridgehead atoms. The lowest BCUT2D eigenvalue weighted by atomic mass is 9.77. The number of hydrogen-bond acceptors (Lipinski definition) is 1. The summed E-state index contributed by atoms with van der Waals surface area (Å²) < 4.78 is 0. The van der Waals surface area contributed by atoms with Gasteiger partial charge in [0.05, 0.1) is 12.0 Å². The molecule has 1 aromatic rings. The average molecular weight is 208 g/mol. The summed E-state index contributed by atoms with van der Waals surface area (Å²) in [6, 6.07) is 0. The molecule has 86 valence electrons. The fraction of sp³-hybridized carbons (Fsp3) is 0.769. The SMILES string of the molecule is CCCCC(C)(CCC)Cc1c[nH]cn1. The fourth-order valence-electron chi connectivity index (χ4n) is 2.33. The van der Waals surface area contributed by atoms with Crippen LogP contribution in [-0.2, 0) is 6.42 Å². The number of aromatic nitrogens is 2. The Hall–Kier alpha value is -0.790. The van der Waals surface area contributed by atoms with Crippen LogP contribution in [0.2, 0.25) is 0 Å². The van der Waals surface area contributed by atoms with Crippen molar-refractivity contribution in [3.05, 3.63) is 18.2 Å². The smallest absolute Gasteiger partial charge is 0.0923 e. The zero-order valence-electron chi connectivity index (χ0n) is 10.3. The van der Waals surface area contributed by atoms with Gasteiger partial charge in [-0.2, -0.15) is 0 Å². The molecule has 0 aromatic carbocycles. The third kappa shape index (κ3) is 4.06. The summed E-state index contributed by atoms with van der Waals surface area (Å²) in [5.41, 5.74) is 1.65. The van der Waals surface area contributed by atoms with Gasteiger partial charge in [0, 0.05) is 6.20 Å². The maximum Gasteiger partial charge on any atom is 0.0923 e. The van der Waals surface area contributed by atoms with E-state index in [1.54, 1.807) is 6.33 Å². The van der Waals surface area contributed by atoms with Crippen molar-refractivity contribution >= 4 is 0 Å². The van der Waals surface area contributed by atoms with Gasteiger partial charge in [0.2, 0.25) is 0 Å². The van der Waals surface area contributed by atoms with Crippen LogP contribution in [0, 0.1) is 5.41 Å². The predicted octanol–water partition coefficient (Wildman–Crippen LogP) is 3.95. The van der Waals surface area contributed by atoms with Crippen LogP contribution in [0.15, 0.2) is 12.5 Å². The van der Waals surface area contributed by atoms with Crippen LogP contribution in [-0.4, -0.2) is 9.97 Å². The van der Waals surface area contributed by atoms with Crippen molar-refractivity contribution in [1.82, 2.24) is 9.97 Å². The minimum Gasteiger partial charge on any atom is -0.351 e. The molecule has 1 heterocycles. The number of rotatable bonds is 7. The van der Waals surface area contributed by atoms with Gasteiger partial charge in [-0.05, 0) is 24.7 Å². The highest BCUT2D eigenvalue weighted by atomic mass is 14.9. The van der Waals surface area contributed by atoms with E-state index in [0.29, 0.717) is 5.41 Å². The second-order valence-corrected chi connectivity index (χ2v) is 4.90. The second kappa shape index (κ2) is 5.94. The zero-order chi connectivity index (χ0) is 11.1. The fourth-order valence-corrected chi connectivity index (χ4v) is 2.33. The molecular weight excluding hydrogens is 184 g/mol. The number of nitrogens with zero attached hydrogens (tertiary/aromatic N) is 1. The normalized spacial score (nSPS) is 15.1. The van der Waals surface area contributed by atoms with E-state index in [1.807, 2.05) is 6.20 Å². The third-order valence-corrected chi connectivity index (χ3v) is 3.15. The summed E-state index contributed by atoms with van der Waals surface area (Å²) in [5.74, 6) is 0. The van der Waals surface area contributed by atoms with E-state index >= 15 is 0 Å². The van der Waals surface area contributed by atoms with E-state index in [2.05, 4.69) is 30.7 Å². The van der Waals surface area contributed by atoms with Gasteiger partial charge in [-0.3, -0.25) is 0 Å². The molecule has 1 unspecified atom stereocenters. The zero-order valence-corrected chi connectivity index (χ0v) is 10.3. The molecule has 0 radical (unpaired) electrons. The van der Waals surface area contributed by atoms with Crippen molar-refractivity contribution in [1.29, 1.82) is 0 Å². The molecule has 1 N–H and O–H groups in total. The molecule has 0 amide bonds. The lowest BCUT2D eigenvalue weighted by molar-refractivity contribution is 0.256. The Kier molecular flexibility index (Phi) is 4.86. The molecular formula is C13H24N2. The summed E-state index contributed by atoms with van der Waals surface area (Å²) in [6.07, 6.45) is 11.4. The van der Waals surface area contributed by atoms with Crippen molar-refractivity contribution in [2.24, 2.45) is 5.41 Å². The van der Waals surface area contributed by atoms with Crippen LogP contribution >= 0.6 is 0 Å². The number of H-pyrrole nitrogens is 1. The Morgan fingerprint density at radius 3 is 2.60 bits per heavy atom. The van der Waals surface area contributed by atoms with Crippen LogP contribution in [0.5, 0.6) is 0 Å². The topological polar surface area (TPSA) is 28.7 Å². The average Bonchev–Trinajstić information content (AvgIpc) is 2.68. The molecule has 2 nitrogen and oxygen atoms in total. The van der Waals surface area contributed by atoms with Crippen molar-refractivity contribution in [3.63, 3.8) is 0 Å². The van der Waals surface area contributed by atoms with E-state index in [0.717, 1.165) is 6.42 Å². The first-order chi connectivity index (χ1) is 7.20. The molecule has 0 saturated heterocycles. The Balaban J connectivity index is 2.55. The first-order valence-electron chi connectivity index (χ1n) is 6.18. The first-order valence-corrected chi connectivity index (χ1v) is 6.18. The molecule has 2 heteroatoms. The van der Waals surface area contributed by atoms with Crippen molar-refractivity contribution in [2.75, 3.05) is 0 Å². The second-order valence-electron chi connectivity index (χ2n) is 4.90. The van der Waals surface area contributed by atoms with Gasteiger partial charge in [0.25, 0.3) is 0 Å². The van der Waals surface area contributed by atoms with E-state index in [-0.39, 0.29) is 0 Å². The minimum absolute atomic E-state index is 0.444. The molecule has 1 atom stereocenters. The molecule has 0 aliphatic heterocycles. The molecule has 1 aromatic heterocycles. The van der Waals surface area contributed by atoms with Gasteiger partial charge in [-0.1, -0.05) is 40.0 Å². The minimum atomic E-state index is 0.444. The maximum absolute atomic E-state index is 4.34. The van der Waals surface area contributed by atoms with Gasteiger partial charge in [0.15, 0.2) is 0 Å². The third-order valence-electron chi connectivity index (χ3n) is 3.15. The van der Waals surface area contributed by atoms with E-state index < -0.39 is 0 Å². The molecule has 0 fully saturated rings. The van der Waals surface area contributed by atoms with E-state index in [9.17, 15) is 0 Å². The van der Waals surface area contributed by atoms with Gasteiger partial charge in [-0.25, -0.2) is 4.98 Å². The van der Waals surface area contributed by atoms with Crippen LogP contribution in [0.4, 0.5) is 0 Å². The highest BCUT2D eigenvalue weighted by Crippen LogP contribution is 2.33. The van der Waals surface area contributed by atoms with Gasteiger partial charge >= 0.3 is 0 Å². The Labute approximate surface area is 93.5 Å². The van der Waals surface area contributed by atoms with Crippen LogP contribution in [0.1, 0.15) is 58.6 Å². The van der Waals surface area contributed by atoms with Crippen LogP contribution < -0.4 is 0 Å². The van der Waals surface area contributed by atoms with Crippen molar-refractivity contribution in [3.8, 4) is 0 Å². The Morgan fingerprint density at radius 2 is 2.07 bits per heavy atom. The van der Waals surface area contributed by atoms with Crippen molar-refractivity contribution in [2.45, 2.75) is 59.3 Å². The summed E-state index contributed by atoms with van der Waals surface area (Å²) >= 11 is 0. The molecule has 1 rings (SSSR count). The quantitative estimate of drug-likeness (QED) is 0.722. The largest absolute Gasteiger partial charge is 0.351 e. The van der Waals surface area contributed by atoms with Gasteiger partial charge < -0.3 is 4.98 Å². The highest BCUT2D eigenvalue weighted by molar-refractivity contribution is 4.99. The number of imidazole rings is 1. The van der Waals surface area contributed by atoms with Crippen LogP contribution in [0.25, 0.3) is 0 Å². The Morgan fingerprint density at radius 1 is 1.27 bits per heavy atom. The van der Waals surface area contributed by atoms with Crippen LogP contribution in [0.3, 0.4) is 0 Å². The number of aromatic amines is 1. The molecule has 0 aliphatic rings. The molecule has 0 saturated carbocycles. The monoisotopic (exact) mass is 208 g/mol. The summed E-state index contributed by atoms with van der Waals surface area (Å²) in [6.45, 7) is 6.94. The van der Waals surface area contributed by atoms with Gasteiger partial charge in [0.1, 0.15) is 0 Å². The maximum atomic E-state index is 4.34. The summed E-state index contributed by atoms with van der Waals surface area (Å²) in [7, 11) is 0. The van der Waals surface area contributed by atoms with E-state index in [4.69, 9.17) is 0 Å². The molecule has 0 aliphatic carbocycles. The Bertz CT molecular complexity index is 254. The first kappa shape index (κ1) is 12.3. The van der Waals surface area contributed by atoms with Gasteiger partial charge in [-0.15, -0.1) is 0 Å².